The molecule has 0 radical (unpaired) electrons. The van der Waals surface area contributed by atoms with E-state index in [1.165, 1.54) is 37.7 Å². The van der Waals surface area contributed by atoms with Crippen molar-refractivity contribution in [3.63, 3.8) is 0 Å². The van der Waals surface area contributed by atoms with Crippen LogP contribution in [-0.2, 0) is 9.47 Å². The molecule has 1 heterocycles. The number of methoxy groups -OCH3 is 1. The van der Waals surface area contributed by atoms with Crippen LogP contribution in [0.15, 0.2) is 11.6 Å². The monoisotopic (exact) mass is 336 g/mol. The van der Waals surface area contributed by atoms with Crippen molar-refractivity contribution < 1.29 is 14.6 Å². The third-order valence-corrected chi connectivity index (χ3v) is 7.94. The summed E-state index contributed by atoms with van der Waals surface area (Å²) in [4.78, 5) is 0. The van der Waals surface area contributed by atoms with Gasteiger partial charge in [0, 0.05) is 13.5 Å². The number of ether oxygens (including phenoxy) is 2. The van der Waals surface area contributed by atoms with Gasteiger partial charge in [0.15, 0.2) is 6.29 Å². The molecule has 3 aliphatic rings. The van der Waals surface area contributed by atoms with Gasteiger partial charge in [-0.05, 0) is 72.7 Å². The number of hydrogen-bond donors (Lipinski definition) is 1. The quantitative estimate of drug-likeness (QED) is 0.749. The Morgan fingerprint density at radius 3 is 2.79 bits per heavy atom. The van der Waals surface area contributed by atoms with Gasteiger partial charge in [-0.25, -0.2) is 0 Å². The maximum Gasteiger partial charge on any atom is 0.157 e. The number of aliphatic hydroxyl groups excluding tert-OH is 1. The standard InChI is InChI=1S/C21H36O3/c1-15-8-10-21(3)17(13-22)6-5-7-18(21)20(15,2)11-9-16-12-19(23-4)24-14-16/h6,15-16,18-19,22H,5,7-14H2,1-4H3. The Kier molecular flexibility index (Phi) is 5.44. The summed E-state index contributed by atoms with van der Waals surface area (Å²) in [6.07, 6.45) is 10.8. The van der Waals surface area contributed by atoms with Gasteiger partial charge in [0.1, 0.15) is 0 Å². The molecule has 2 fully saturated rings. The van der Waals surface area contributed by atoms with E-state index < -0.39 is 0 Å². The summed E-state index contributed by atoms with van der Waals surface area (Å²) in [7, 11) is 1.74. The fraction of sp³-hybridized carbons (Fsp3) is 0.905. The Morgan fingerprint density at radius 2 is 2.12 bits per heavy atom. The average Bonchev–Trinajstić information content (AvgIpc) is 3.05. The van der Waals surface area contributed by atoms with Crippen LogP contribution in [0.5, 0.6) is 0 Å². The Balaban J connectivity index is 1.73. The SMILES string of the molecule is COC1CC(CCC2(C)C(C)CCC3(C)C(CO)=CCCC32)CO1. The molecule has 3 rings (SSSR count). The van der Waals surface area contributed by atoms with E-state index in [9.17, 15) is 5.11 Å². The van der Waals surface area contributed by atoms with Crippen LogP contribution >= 0.6 is 0 Å². The number of allylic oxidation sites excluding steroid dienone is 1. The van der Waals surface area contributed by atoms with E-state index in [1.807, 2.05) is 0 Å². The number of fused-ring (bicyclic) bond motifs is 1. The van der Waals surface area contributed by atoms with Crippen LogP contribution in [0, 0.1) is 28.6 Å². The summed E-state index contributed by atoms with van der Waals surface area (Å²) < 4.78 is 11.1. The minimum atomic E-state index is 0.00968. The zero-order chi connectivity index (χ0) is 17.4. The zero-order valence-corrected chi connectivity index (χ0v) is 16.0. The van der Waals surface area contributed by atoms with Gasteiger partial charge in [0.05, 0.1) is 13.2 Å². The average molecular weight is 337 g/mol. The molecule has 1 saturated heterocycles. The topological polar surface area (TPSA) is 38.7 Å². The Hall–Kier alpha value is -0.380. The van der Waals surface area contributed by atoms with E-state index >= 15 is 0 Å². The molecule has 0 amide bonds. The van der Waals surface area contributed by atoms with Gasteiger partial charge in [-0.1, -0.05) is 26.8 Å². The highest BCUT2D eigenvalue weighted by Crippen LogP contribution is 2.62. The molecule has 6 unspecified atom stereocenters. The van der Waals surface area contributed by atoms with Crippen molar-refractivity contribution in [2.24, 2.45) is 28.6 Å². The lowest BCUT2D eigenvalue weighted by Gasteiger charge is -2.58. The molecule has 0 aromatic heterocycles. The van der Waals surface area contributed by atoms with E-state index in [1.54, 1.807) is 7.11 Å². The van der Waals surface area contributed by atoms with Crippen molar-refractivity contribution in [3.8, 4) is 0 Å². The van der Waals surface area contributed by atoms with Gasteiger partial charge in [-0.3, -0.25) is 0 Å². The molecule has 3 heteroatoms. The largest absolute Gasteiger partial charge is 0.392 e. The van der Waals surface area contributed by atoms with E-state index in [0.717, 1.165) is 25.4 Å². The lowest BCUT2D eigenvalue weighted by Crippen LogP contribution is -2.50. The summed E-state index contributed by atoms with van der Waals surface area (Å²) in [5, 5.41) is 9.89. The number of aliphatic hydroxyl groups is 1. The maximum atomic E-state index is 9.89. The molecule has 0 aromatic rings. The molecule has 1 aliphatic heterocycles. The highest BCUT2D eigenvalue weighted by atomic mass is 16.7. The molecule has 24 heavy (non-hydrogen) atoms. The summed E-state index contributed by atoms with van der Waals surface area (Å²) in [5.74, 6) is 2.10. The molecular formula is C21H36O3. The lowest BCUT2D eigenvalue weighted by atomic mass is 9.46. The van der Waals surface area contributed by atoms with Gasteiger partial charge < -0.3 is 14.6 Å². The van der Waals surface area contributed by atoms with Crippen LogP contribution in [0.2, 0.25) is 0 Å². The second-order valence-corrected chi connectivity index (χ2v) is 9.02. The first kappa shape index (κ1) is 18.4. The molecule has 1 N–H and O–H groups in total. The van der Waals surface area contributed by atoms with Crippen molar-refractivity contribution in [2.45, 2.75) is 72.0 Å². The van der Waals surface area contributed by atoms with Crippen molar-refractivity contribution in [1.29, 1.82) is 0 Å². The van der Waals surface area contributed by atoms with Crippen LogP contribution in [0.4, 0.5) is 0 Å². The second kappa shape index (κ2) is 7.09. The van der Waals surface area contributed by atoms with Crippen molar-refractivity contribution in [1.82, 2.24) is 0 Å². The molecular weight excluding hydrogens is 300 g/mol. The third kappa shape index (κ3) is 3.08. The molecule has 0 bridgehead atoms. The van der Waals surface area contributed by atoms with Crippen LogP contribution in [-0.4, -0.2) is 31.7 Å². The van der Waals surface area contributed by atoms with E-state index in [2.05, 4.69) is 26.8 Å². The van der Waals surface area contributed by atoms with Crippen LogP contribution in [0.1, 0.15) is 65.7 Å². The van der Waals surface area contributed by atoms with Crippen LogP contribution in [0.25, 0.3) is 0 Å². The third-order valence-electron chi connectivity index (χ3n) is 7.94. The van der Waals surface area contributed by atoms with Gasteiger partial charge in [-0.15, -0.1) is 0 Å². The zero-order valence-electron chi connectivity index (χ0n) is 16.0. The Bertz CT molecular complexity index is 474. The van der Waals surface area contributed by atoms with Gasteiger partial charge in [0.25, 0.3) is 0 Å². The molecule has 0 aromatic carbocycles. The Labute approximate surface area is 147 Å². The second-order valence-electron chi connectivity index (χ2n) is 9.02. The summed E-state index contributed by atoms with van der Waals surface area (Å²) in [5.41, 5.74) is 1.88. The lowest BCUT2D eigenvalue weighted by molar-refractivity contribution is -0.0881. The van der Waals surface area contributed by atoms with Gasteiger partial charge >= 0.3 is 0 Å². The predicted molar refractivity (Wildman–Crippen MR) is 96.6 cm³/mol. The molecule has 1 saturated carbocycles. The summed E-state index contributed by atoms with van der Waals surface area (Å²) in [6.45, 7) is 8.50. The highest BCUT2D eigenvalue weighted by Gasteiger charge is 2.53. The molecule has 3 nitrogen and oxygen atoms in total. The fourth-order valence-corrected chi connectivity index (χ4v) is 5.98. The van der Waals surface area contributed by atoms with E-state index in [-0.39, 0.29) is 18.3 Å². The molecule has 2 aliphatic carbocycles. The first-order chi connectivity index (χ1) is 11.4. The number of hydrogen-bond acceptors (Lipinski definition) is 3. The normalized spacial score (nSPS) is 45.8. The van der Waals surface area contributed by atoms with Crippen molar-refractivity contribution >= 4 is 0 Å². The number of rotatable bonds is 5. The molecule has 6 atom stereocenters. The first-order valence-electron chi connectivity index (χ1n) is 9.89. The van der Waals surface area contributed by atoms with E-state index in [0.29, 0.717) is 17.3 Å². The Morgan fingerprint density at radius 1 is 1.33 bits per heavy atom. The summed E-state index contributed by atoms with van der Waals surface area (Å²) >= 11 is 0. The van der Waals surface area contributed by atoms with Crippen molar-refractivity contribution in [3.05, 3.63) is 11.6 Å². The highest BCUT2D eigenvalue weighted by molar-refractivity contribution is 5.22. The minimum absolute atomic E-state index is 0.00968. The minimum Gasteiger partial charge on any atom is -0.392 e. The van der Waals surface area contributed by atoms with E-state index in [4.69, 9.17) is 9.47 Å². The van der Waals surface area contributed by atoms with Crippen LogP contribution < -0.4 is 0 Å². The van der Waals surface area contributed by atoms with Gasteiger partial charge in [-0.2, -0.15) is 0 Å². The van der Waals surface area contributed by atoms with Gasteiger partial charge in [0.2, 0.25) is 0 Å². The maximum absolute atomic E-state index is 9.89. The smallest absolute Gasteiger partial charge is 0.157 e. The van der Waals surface area contributed by atoms with Crippen molar-refractivity contribution in [2.75, 3.05) is 20.3 Å². The molecule has 138 valence electrons. The molecule has 0 spiro atoms. The fourth-order valence-electron chi connectivity index (χ4n) is 5.98. The first-order valence-corrected chi connectivity index (χ1v) is 9.89. The summed E-state index contributed by atoms with van der Waals surface area (Å²) in [6, 6.07) is 0. The predicted octanol–water partition coefficient (Wildman–Crippen LogP) is 4.55. The van der Waals surface area contributed by atoms with Crippen LogP contribution in [0.3, 0.4) is 0 Å².